The van der Waals surface area contributed by atoms with Gasteiger partial charge in [-0.05, 0) is 56.3 Å². The third-order valence-corrected chi connectivity index (χ3v) is 7.40. The molecule has 4 rings (SSSR count). The first-order valence-corrected chi connectivity index (χ1v) is 12.5. The highest BCUT2D eigenvalue weighted by molar-refractivity contribution is 7.91. The minimum Gasteiger partial charge on any atom is -0.497 e. The van der Waals surface area contributed by atoms with Crippen molar-refractivity contribution in [1.29, 1.82) is 0 Å². The molecule has 0 fully saturated rings. The van der Waals surface area contributed by atoms with Crippen molar-refractivity contribution in [1.82, 2.24) is 14.8 Å². The maximum Gasteiger partial charge on any atom is 0.264 e. The van der Waals surface area contributed by atoms with Crippen LogP contribution in [0.5, 0.6) is 5.75 Å². The van der Waals surface area contributed by atoms with E-state index in [-0.39, 0.29) is 44.4 Å². The van der Waals surface area contributed by atoms with Gasteiger partial charge in [-0.25, -0.2) is 26.9 Å². The van der Waals surface area contributed by atoms with Gasteiger partial charge in [0.2, 0.25) is 15.7 Å². The lowest BCUT2D eigenvalue weighted by molar-refractivity contribution is -0.116. The third-order valence-electron chi connectivity index (χ3n) is 5.40. The minimum atomic E-state index is -3.94. The second-order valence-electron chi connectivity index (χ2n) is 8.00. The number of carbonyl (C=O) groups excluding carboxylic acids is 1. The number of nitrogens with one attached hydrogen (secondary N) is 1. The number of ether oxygens (including phenoxy) is 1. The molecule has 0 saturated heterocycles. The summed E-state index contributed by atoms with van der Waals surface area (Å²) in [6.45, 7) is 2.81. The van der Waals surface area contributed by atoms with Crippen molar-refractivity contribution in [2.45, 2.75) is 36.6 Å². The maximum absolute atomic E-state index is 13.6. The number of fused-ring (bicyclic) bond motifs is 1. The van der Waals surface area contributed by atoms with Crippen LogP contribution < -0.4 is 10.1 Å². The summed E-state index contributed by atoms with van der Waals surface area (Å²) in [5.74, 6) is -0.357. The average molecular weight is 535 g/mol. The number of hydrogen-bond acceptors (Lipinski definition) is 6. The molecular weight excluding hydrogens is 514 g/mol. The van der Waals surface area contributed by atoms with Crippen molar-refractivity contribution in [2.24, 2.45) is 0 Å². The molecule has 0 atom stereocenters. The molecule has 36 heavy (non-hydrogen) atoms. The number of aryl methyl sites for hydroxylation is 2. The van der Waals surface area contributed by atoms with Crippen LogP contribution in [0.4, 0.5) is 14.5 Å². The predicted octanol–water partition coefficient (Wildman–Crippen LogP) is 5.12. The maximum atomic E-state index is 13.6. The molecule has 0 radical (unpaired) electrons. The number of hydrogen-bond donors (Lipinski definition) is 1. The molecule has 2 heterocycles. The van der Waals surface area contributed by atoms with E-state index in [1.807, 2.05) is 0 Å². The summed E-state index contributed by atoms with van der Waals surface area (Å²) < 4.78 is 59.8. The Balaban J connectivity index is 1.65. The lowest BCUT2D eigenvalue weighted by Crippen LogP contribution is -2.20. The summed E-state index contributed by atoms with van der Waals surface area (Å²) in [6.07, 6.45) is -2.72. The molecule has 0 spiro atoms. The van der Waals surface area contributed by atoms with Crippen LogP contribution in [0.1, 0.15) is 23.4 Å². The van der Waals surface area contributed by atoms with Crippen molar-refractivity contribution in [3.63, 3.8) is 0 Å². The van der Waals surface area contributed by atoms with Gasteiger partial charge in [0.1, 0.15) is 12.3 Å². The number of rotatable bonds is 7. The fourth-order valence-corrected chi connectivity index (χ4v) is 5.25. The number of methoxy groups -OCH3 is 1. The Bertz CT molecular complexity index is 1570. The van der Waals surface area contributed by atoms with Crippen molar-refractivity contribution < 1.29 is 26.7 Å². The third kappa shape index (κ3) is 5.02. The van der Waals surface area contributed by atoms with E-state index in [2.05, 4.69) is 15.4 Å². The van der Waals surface area contributed by atoms with E-state index in [0.29, 0.717) is 16.4 Å². The van der Waals surface area contributed by atoms with Gasteiger partial charge >= 0.3 is 0 Å². The van der Waals surface area contributed by atoms with E-state index >= 15 is 0 Å². The second-order valence-corrected chi connectivity index (χ2v) is 10.4. The zero-order valence-corrected chi connectivity index (χ0v) is 21.0. The number of carbonyl (C=O) groups is 1. The van der Waals surface area contributed by atoms with Crippen LogP contribution in [-0.2, 0) is 21.2 Å². The Morgan fingerprint density at radius 2 is 1.81 bits per heavy atom. The summed E-state index contributed by atoms with van der Waals surface area (Å²) in [4.78, 5) is 17.1. The molecule has 0 aliphatic rings. The quantitative estimate of drug-likeness (QED) is 0.353. The number of amides is 1. The van der Waals surface area contributed by atoms with E-state index in [9.17, 15) is 22.0 Å². The fraction of sp³-hybridized carbons (Fsp3) is 0.208. The highest BCUT2D eigenvalue weighted by atomic mass is 35.5. The van der Waals surface area contributed by atoms with E-state index in [0.717, 1.165) is 0 Å². The van der Waals surface area contributed by atoms with Crippen LogP contribution in [0.15, 0.2) is 58.3 Å². The molecule has 2 aromatic carbocycles. The Morgan fingerprint density at radius 1 is 1.11 bits per heavy atom. The highest BCUT2D eigenvalue weighted by Crippen LogP contribution is 2.31. The van der Waals surface area contributed by atoms with Crippen LogP contribution in [0, 0.1) is 13.8 Å². The molecule has 0 bridgehead atoms. The molecule has 1 N–H and O–H groups in total. The molecule has 188 valence electrons. The molecular formula is C24H21ClF2N4O4S. The molecule has 0 unspecified atom stereocenters. The highest BCUT2D eigenvalue weighted by Gasteiger charge is 2.22. The summed E-state index contributed by atoms with van der Waals surface area (Å²) in [5.41, 5.74) is 0.807. The summed E-state index contributed by atoms with van der Waals surface area (Å²) in [7, 11) is -2.57. The number of benzene rings is 2. The monoisotopic (exact) mass is 534 g/mol. The SMILES string of the molecule is COc1cc(NC(=O)Cn2nc(C)c3c(C(F)F)cc(C)nc32)cc(S(=O)(=O)c2ccc(Cl)cc2)c1. The number of alkyl halides is 2. The van der Waals surface area contributed by atoms with Crippen LogP contribution >= 0.6 is 11.6 Å². The van der Waals surface area contributed by atoms with E-state index < -0.39 is 22.2 Å². The van der Waals surface area contributed by atoms with Gasteiger partial charge in [-0.15, -0.1) is 0 Å². The Labute approximate surface area is 210 Å². The van der Waals surface area contributed by atoms with Gasteiger partial charge in [-0.3, -0.25) is 4.79 Å². The van der Waals surface area contributed by atoms with E-state index in [1.54, 1.807) is 13.8 Å². The van der Waals surface area contributed by atoms with Crippen molar-refractivity contribution in [3.8, 4) is 5.75 Å². The first kappa shape index (κ1) is 25.5. The summed E-state index contributed by atoms with van der Waals surface area (Å²) >= 11 is 5.86. The molecule has 0 aliphatic carbocycles. The van der Waals surface area contributed by atoms with Gasteiger partial charge in [-0.1, -0.05) is 11.6 Å². The number of anilines is 1. The molecule has 1 amide bonds. The van der Waals surface area contributed by atoms with Gasteiger partial charge < -0.3 is 10.1 Å². The van der Waals surface area contributed by atoms with E-state index in [1.165, 1.54) is 60.3 Å². The lowest BCUT2D eigenvalue weighted by atomic mass is 10.1. The molecule has 2 aromatic heterocycles. The summed E-state index contributed by atoms with van der Waals surface area (Å²) in [6, 6.07) is 11.1. The van der Waals surface area contributed by atoms with Gasteiger partial charge in [0, 0.05) is 28.0 Å². The normalized spacial score (nSPS) is 11.8. The topological polar surface area (TPSA) is 103 Å². The Morgan fingerprint density at radius 3 is 2.44 bits per heavy atom. The fourth-order valence-electron chi connectivity index (χ4n) is 3.80. The van der Waals surface area contributed by atoms with Crippen molar-refractivity contribution >= 4 is 44.1 Å². The first-order valence-electron chi connectivity index (χ1n) is 10.6. The second kappa shape index (κ2) is 9.82. The van der Waals surface area contributed by atoms with Crippen LogP contribution in [0.3, 0.4) is 0 Å². The number of pyridine rings is 1. The smallest absolute Gasteiger partial charge is 0.264 e. The van der Waals surface area contributed by atoms with E-state index in [4.69, 9.17) is 16.3 Å². The average Bonchev–Trinajstić information content (AvgIpc) is 3.12. The van der Waals surface area contributed by atoms with Crippen LogP contribution in [0.25, 0.3) is 11.0 Å². The number of nitrogens with zero attached hydrogens (tertiary/aromatic N) is 3. The van der Waals surface area contributed by atoms with Gasteiger partial charge in [0.15, 0.2) is 5.65 Å². The number of sulfone groups is 1. The van der Waals surface area contributed by atoms with Gasteiger partial charge in [-0.2, -0.15) is 5.10 Å². The predicted molar refractivity (Wildman–Crippen MR) is 130 cm³/mol. The lowest BCUT2D eigenvalue weighted by Gasteiger charge is -2.12. The zero-order valence-electron chi connectivity index (χ0n) is 19.4. The largest absolute Gasteiger partial charge is 0.497 e. The zero-order chi connectivity index (χ0) is 26.2. The molecule has 12 heteroatoms. The molecule has 0 saturated carbocycles. The molecule has 0 aliphatic heterocycles. The van der Waals surface area contributed by atoms with Crippen molar-refractivity contribution in [3.05, 3.63) is 70.5 Å². The first-order chi connectivity index (χ1) is 17.0. The van der Waals surface area contributed by atoms with Gasteiger partial charge in [0.25, 0.3) is 6.43 Å². The standard InChI is InChI=1S/C24H21ClF2N4O4S/c1-13-8-20(23(26)27)22-14(2)30-31(24(22)28-13)12-21(32)29-16-9-17(35-3)11-19(10-16)36(33,34)18-6-4-15(25)5-7-18/h4-11,23H,12H2,1-3H3,(H,29,32). The Kier molecular flexibility index (Phi) is 6.96. The van der Waals surface area contributed by atoms with Crippen molar-refractivity contribution in [2.75, 3.05) is 12.4 Å². The number of aromatic nitrogens is 3. The molecule has 4 aromatic rings. The number of halogens is 3. The van der Waals surface area contributed by atoms with Crippen LogP contribution in [-0.4, -0.2) is 36.2 Å². The van der Waals surface area contributed by atoms with Gasteiger partial charge in [0.05, 0.1) is 28.0 Å². The minimum absolute atomic E-state index is 0.0206. The summed E-state index contributed by atoms with van der Waals surface area (Å²) in [5, 5.41) is 7.43. The molecule has 8 nitrogen and oxygen atoms in total. The van der Waals surface area contributed by atoms with Crippen LogP contribution in [0.2, 0.25) is 5.02 Å². The Hall–Kier alpha value is -3.57.